The average Bonchev–Trinajstić information content (AvgIpc) is 3.39. The summed E-state index contributed by atoms with van der Waals surface area (Å²) in [6.45, 7) is 3.95. The summed E-state index contributed by atoms with van der Waals surface area (Å²) in [5.41, 5.74) is 5.56. The highest BCUT2D eigenvalue weighted by Crippen LogP contribution is 2.34. The van der Waals surface area contributed by atoms with Gasteiger partial charge in [-0.15, -0.1) is 0 Å². The summed E-state index contributed by atoms with van der Waals surface area (Å²) in [7, 11) is 4.09. The number of carbonyl (C=O) groups excluding carboxylic acids is 1. The first-order chi connectivity index (χ1) is 15.9. The number of carbonyl (C=O) groups is 1. The molecule has 3 heterocycles. The fraction of sp³-hybridized carbons (Fsp3) is 0.308. The standard InChI is InChI=1S/C26H26ClN3O3/c1-16-23(15-33-28-16)17-4-6-21-22(13-30(24(21)12-17)9-8-29(2)3)26(31)19-10-18-11-20(27)5-7-25(18)32-14-19/h4-7,11-13,15,19H,8-10,14H2,1-3H3. The van der Waals surface area contributed by atoms with E-state index in [2.05, 4.69) is 20.7 Å². The minimum Gasteiger partial charge on any atom is -0.493 e. The van der Waals surface area contributed by atoms with Gasteiger partial charge in [0.25, 0.3) is 0 Å². The fourth-order valence-corrected chi connectivity index (χ4v) is 4.66. The largest absolute Gasteiger partial charge is 0.493 e. The number of fused-ring (bicyclic) bond motifs is 2. The number of rotatable bonds is 6. The van der Waals surface area contributed by atoms with Crippen molar-refractivity contribution in [3.8, 4) is 16.9 Å². The quantitative estimate of drug-likeness (QED) is 0.365. The van der Waals surface area contributed by atoms with Crippen LogP contribution in [0.25, 0.3) is 22.0 Å². The van der Waals surface area contributed by atoms with Crippen LogP contribution in [-0.2, 0) is 13.0 Å². The molecular formula is C26H26ClN3O3. The van der Waals surface area contributed by atoms with Crippen molar-refractivity contribution in [2.24, 2.45) is 5.92 Å². The molecule has 1 aliphatic rings. The van der Waals surface area contributed by atoms with Gasteiger partial charge in [-0.25, -0.2) is 0 Å². The van der Waals surface area contributed by atoms with Crippen LogP contribution in [0, 0.1) is 12.8 Å². The second-order valence-corrected chi connectivity index (χ2v) is 9.35. The highest BCUT2D eigenvalue weighted by atomic mass is 35.5. The Morgan fingerprint density at radius 2 is 2.09 bits per heavy atom. The Balaban J connectivity index is 1.53. The molecule has 2 aromatic carbocycles. The number of aryl methyl sites for hydroxylation is 1. The van der Waals surface area contributed by atoms with Gasteiger partial charge in [0.05, 0.1) is 18.2 Å². The summed E-state index contributed by atoms with van der Waals surface area (Å²) in [5.74, 6) is 0.664. The lowest BCUT2D eigenvalue weighted by molar-refractivity contribution is 0.0856. The van der Waals surface area contributed by atoms with Crippen LogP contribution in [0.3, 0.4) is 0 Å². The summed E-state index contributed by atoms with van der Waals surface area (Å²) in [6, 6.07) is 11.8. The van der Waals surface area contributed by atoms with Gasteiger partial charge in [-0.2, -0.15) is 0 Å². The molecule has 7 heteroatoms. The monoisotopic (exact) mass is 463 g/mol. The van der Waals surface area contributed by atoms with Gasteiger partial charge >= 0.3 is 0 Å². The molecule has 4 aromatic rings. The Kier molecular flexibility index (Phi) is 5.72. The minimum atomic E-state index is -0.246. The summed E-state index contributed by atoms with van der Waals surface area (Å²) in [5, 5.41) is 5.62. The number of benzene rings is 2. The van der Waals surface area contributed by atoms with Crippen molar-refractivity contribution in [2.75, 3.05) is 27.2 Å². The number of likely N-dealkylation sites (N-methyl/N-ethyl adjacent to an activating group) is 1. The molecule has 5 rings (SSSR count). The molecule has 1 atom stereocenters. The summed E-state index contributed by atoms with van der Waals surface area (Å²) >= 11 is 6.17. The first-order valence-corrected chi connectivity index (χ1v) is 11.4. The Morgan fingerprint density at radius 1 is 1.24 bits per heavy atom. The molecule has 0 fully saturated rings. The minimum absolute atomic E-state index is 0.100. The van der Waals surface area contributed by atoms with Crippen molar-refractivity contribution in [2.45, 2.75) is 19.9 Å². The number of hydrogen-bond acceptors (Lipinski definition) is 5. The topological polar surface area (TPSA) is 60.5 Å². The Bertz CT molecular complexity index is 1340. The van der Waals surface area contributed by atoms with E-state index >= 15 is 0 Å². The second kappa shape index (κ2) is 8.69. The number of Topliss-reactive ketones (excluding diaryl/α,β-unsaturated/α-hetero) is 1. The number of nitrogens with zero attached hydrogens (tertiary/aromatic N) is 3. The zero-order valence-electron chi connectivity index (χ0n) is 19.0. The Labute approximate surface area is 197 Å². The third kappa shape index (κ3) is 4.16. The highest BCUT2D eigenvalue weighted by molar-refractivity contribution is 6.30. The summed E-state index contributed by atoms with van der Waals surface area (Å²) in [4.78, 5) is 15.8. The third-order valence-corrected chi connectivity index (χ3v) is 6.53. The van der Waals surface area contributed by atoms with Gasteiger partial charge in [0.15, 0.2) is 5.78 Å². The number of ketones is 1. The number of hydrogen-bond donors (Lipinski definition) is 0. The lowest BCUT2D eigenvalue weighted by Gasteiger charge is -2.24. The fourth-order valence-electron chi connectivity index (χ4n) is 4.47. The third-order valence-electron chi connectivity index (χ3n) is 6.30. The summed E-state index contributed by atoms with van der Waals surface area (Å²) < 4.78 is 13.2. The maximum Gasteiger partial charge on any atom is 0.171 e. The predicted molar refractivity (Wildman–Crippen MR) is 129 cm³/mol. The van der Waals surface area contributed by atoms with Crippen molar-refractivity contribution in [3.63, 3.8) is 0 Å². The normalized spacial score (nSPS) is 15.6. The molecule has 0 amide bonds. The van der Waals surface area contributed by atoms with E-state index in [0.29, 0.717) is 18.1 Å². The molecule has 0 N–H and O–H groups in total. The molecule has 33 heavy (non-hydrogen) atoms. The van der Waals surface area contributed by atoms with Crippen LogP contribution >= 0.6 is 11.6 Å². The molecule has 0 saturated carbocycles. The lowest BCUT2D eigenvalue weighted by atomic mass is 9.89. The molecule has 6 nitrogen and oxygen atoms in total. The van der Waals surface area contributed by atoms with E-state index in [9.17, 15) is 4.79 Å². The molecule has 1 aliphatic heterocycles. The molecular weight excluding hydrogens is 438 g/mol. The van der Waals surface area contributed by atoms with Crippen LogP contribution in [0.1, 0.15) is 21.6 Å². The molecule has 0 bridgehead atoms. The van der Waals surface area contributed by atoms with E-state index in [0.717, 1.165) is 57.7 Å². The zero-order chi connectivity index (χ0) is 23.1. The molecule has 1 unspecified atom stereocenters. The molecule has 170 valence electrons. The molecule has 0 spiro atoms. The average molecular weight is 464 g/mol. The van der Waals surface area contributed by atoms with Gasteiger partial charge in [-0.1, -0.05) is 28.9 Å². The predicted octanol–water partition coefficient (Wildman–Crippen LogP) is 5.25. The Morgan fingerprint density at radius 3 is 2.85 bits per heavy atom. The van der Waals surface area contributed by atoms with Gasteiger partial charge in [0.1, 0.15) is 12.0 Å². The van der Waals surface area contributed by atoms with Gasteiger partial charge in [0.2, 0.25) is 0 Å². The van der Waals surface area contributed by atoms with Crippen LogP contribution in [-0.4, -0.2) is 47.7 Å². The van der Waals surface area contributed by atoms with Crippen molar-refractivity contribution in [3.05, 3.63) is 70.7 Å². The molecule has 0 saturated heterocycles. The smallest absolute Gasteiger partial charge is 0.171 e. The van der Waals surface area contributed by atoms with E-state index in [-0.39, 0.29) is 11.7 Å². The summed E-state index contributed by atoms with van der Waals surface area (Å²) in [6.07, 6.45) is 4.28. The first-order valence-electron chi connectivity index (χ1n) is 11.0. The van der Waals surface area contributed by atoms with Gasteiger partial charge in [0, 0.05) is 46.3 Å². The number of halogens is 1. The van der Waals surface area contributed by atoms with Crippen molar-refractivity contribution in [1.29, 1.82) is 0 Å². The second-order valence-electron chi connectivity index (χ2n) is 8.91. The molecule has 0 aliphatic carbocycles. The van der Waals surface area contributed by atoms with Crippen LogP contribution in [0.5, 0.6) is 5.75 Å². The van der Waals surface area contributed by atoms with E-state index in [4.69, 9.17) is 20.9 Å². The van der Waals surface area contributed by atoms with Gasteiger partial charge < -0.3 is 18.7 Å². The van der Waals surface area contributed by atoms with E-state index in [1.807, 2.05) is 57.5 Å². The molecule has 2 aromatic heterocycles. The van der Waals surface area contributed by atoms with Crippen LogP contribution in [0.15, 0.2) is 53.4 Å². The van der Waals surface area contributed by atoms with E-state index in [1.54, 1.807) is 6.26 Å². The van der Waals surface area contributed by atoms with E-state index in [1.165, 1.54) is 0 Å². The number of ether oxygens (including phenoxy) is 1. The van der Waals surface area contributed by atoms with Crippen molar-refractivity contribution >= 4 is 28.3 Å². The van der Waals surface area contributed by atoms with E-state index < -0.39 is 0 Å². The van der Waals surface area contributed by atoms with Crippen molar-refractivity contribution in [1.82, 2.24) is 14.6 Å². The SMILES string of the molecule is Cc1nocc1-c1ccc2c(C(=O)C3COc4ccc(Cl)cc4C3)cn(CCN(C)C)c2c1. The van der Waals surface area contributed by atoms with Crippen LogP contribution < -0.4 is 4.74 Å². The molecule has 0 radical (unpaired) electrons. The maximum absolute atomic E-state index is 13.7. The van der Waals surface area contributed by atoms with Gasteiger partial charge in [-0.05, 0) is 62.8 Å². The Hall–Kier alpha value is -3.09. The zero-order valence-corrected chi connectivity index (χ0v) is 19.7. The van der Waals surface area contributed by atoms with Gasteiger partial charge in [-0.3, -0.25) is 4.79 Å². The maximum atomic E-state index is 13.7. The number of aromatic nitrogens is 2. The van der Waals surface area contributed by atoms with Crippen LogP contribution in [0.2, 0.25) is 5.02 Å². The van der Waals surface area contributed by atoms with Crippen molar-refractivity contribution < 1.29 is 14.1 Å². The highest BCUT2D eigenvalue weighted by Gasteiger charge is 2.29. The van der Waals surface area contributed by atoms with Crippen LogP contribution in [0.4, 0.5) is 0 Å². The lowest BCUT2D eigenvalue weighted by Crippen LogP contribution is -2.28. The first kappa shape index (κ1) is 21.7.